The Morgan fingerprint density at radius 3 is 1.77 bits per heavy atom. The van der Waals surface area contributed by atoms with Crippen molar-refractivity contribution in [1.29, 1.82) is 0 Å². The van der Waals surface area contributed by atoms with Crippen LogP contribution in [0.25, 0.3) is 0 Å². The molecular weight excluding hydrogens is 942 g/mol. The van der Waals surface area contributed by atoms with E-state index in [0.29, 0.717) is 0 Å². The van der Waals surface area contributed by atoms with Gasteiger partial charge >= 0.3 is 11.9 Å². The smallest absolute Gasteiger partial charge is 0.344 e. The van der Waals surface area contributed by atoms with Crippen LogP contribution in [0, 0.1) is 0 Å². The number of rotatable bonds is 27. The van der Waals surface area contributed by atoms with Gasteiger partial charge in [0.1, 0.15) is 79.0 Å². The molecule has 0 aromatic heterocycles. The second-order valence-corrected chi connectivity index (χ2v) is 16.7. The summed E-state index contributed by atoms with van der Waals surface area (Å²) in [4.78, 5) is 125. The van der Waals surface area contributed by atoms with Crippen LogP contribution in [0.1, 0.15) is 73.6 Å². The van der Waals surface area contributed by atoms with Crippen molar-refractivity contribution in [2.24, 2.45) is 17.2 Å². The number of esters is 1. The van der Waals surface area contributed by atoms with Gasteiger partial charge in [0.05, 0.1) is 19.3 Å². The van der Waals surface area contributed by atoms with Gasteiger partial charge in [-0.2, -0.15) is 0 Å². The number of carbonyl (C=O) groups is 10. The summed E-state index contributed by atoms with van der Waals surface area (Å²) in [5.74, 6) is -9.72. The third-order valence-corrected chi connectivity index (χ3v) is 10.9. The van der Waals surface area contributed by atoms with Gasteiger partial charge in [-0.25, -0.2) is 9.59 Å². The van der Waals surface area contributed by atoms with Crippen LogP contribution < -0.4 is 49.1 Å². The average molecular weight is 1010 g/mol. The molecule has 0 radical (unpaired) electrons. The van der Waals surface area contributed by atoms with E-state index in [1.165, 1.54) is 20.8 Å². The predicted octanol–water partition coefficient (Wildman–Crippen LogP) is -8.45. The molecule has 0 aliphatic carbocycles. The van der Waals surface area contributed by atoms with Crippen LogP contribution in [0.4, 0.5) is 0 Å². The van der Waals surface area contributed by atoms with Gasteiger partial charge in [-0.3, -0.25) is 38.4 Å². The van der Waals surface area contributed by atoms with E-state index in [-0.39, 0.29) is 19.3 Å². The molecule has 2 heterocycles. The largest absolute Gasteiger partial charge is 0.479 e. The van der Waals surface area contributed by atoms with E-state index in [1.807, 2.05) is 0 Å². The first-order valence-electron chi connectivity index (χ1n) is 22.0. The first-order chi connectivity index (χ1) is 32.6. The number of hydrogen-bond acceptors (Lipinski definition) is 21. The molecule has 0 aromatic carbocycles. The van der Waals surface area contributed by atoms with E-state index in [2.05, 4.69) is 31.9 Å². The van der Waals surface area contributed by atoms with Crippen LogP contribution in [0.3, 0.4) is 0 Å². The van der Waals surface area contributed by atoms with Gasteiger partial charge in [0, 0.05) is 20.3 Å². The summed E-state index contributed by atoms with van der Waals surface area (Å²) in [5.41, 5.74) is 16.4. The van der Waals surface area contributed by atoms with Gasteiger partial charge in [0.25, 0.3) is 0 Å². The minimum Gasteiger partial charge on any atom is -0.479 e. The van der Waals surface area contributed by atoms with Crippen molar-refractivity contribution in [3.63, 3.8) is 0 Å². The van der Waals surface area contributed by atoms with E-state index in [4.69, 9.17) is 46.0 Å². The first kappa shape index (κ1) is 60.4. The Hall–Kier alpha value is -5.70. The van der Waals surface area contributed by atoms with Gasteiger partial charge in [-0.1, -0.05) is 0 Å². The number of carboxylic acids is 1. The Morgan fingerprint density at radius 2 is 1.23 bits per heavy atom. The lowest BCUT2D eigenvalue weighted by molar-refractivity contribution is -0.333. The minimum atomic E-state index is -1.90. The van der Waals surface area contributed by atoms with Gasteiger partial charge in [-0.05, 0) is 53.4 Å². The monoisotopic (exact) mass is 1010 g/mol. The van der Waals surface area contributed by atoms with E-state index >= 15 is 0 Å². The molecular formula is C40H67N9O21. The summed E-state index contributed by atoms with van der Waals surface area (Å²) in [6.07, 6.45) is -17.6. The molecule has 0 aromatic rings. The van der Waals surface area contributed by atoms with Crippen LogP contribution in [-0.4, -0.2) is 207 Å². The molecule has 8 amide bonds. The quantitative estimate of drug-likeness (QED) is 0.0340. The average Bonchev–Trinajstić information content (AvgIpc) is 3.27. The Morgan fingerprint density at radius 1 is 0.643 bits per heavy atom. The number of aliphatic hydroxyl groups is 5. The molecule has 17 unspecified atom stereocenters. The maximum absolute atomic E-state index is 13.5. The number of nitrogens with two attached hydrogens (primary N) is 3. The molecule has 2 fully saturated rings. The van der Waals surface area contributed by atoms with E-state index in [1.54, 1.807) is 0 Å². The number of amides is 8. The lowest BCUT2D eigenvalue weighted by Crippen LogP contribution is -2.70. The van der Waals surface area contributed by atoms with Crippen LogP contribution >= 0.6 is 0 Å². The summed E-state index contributed by atoms with van der Waals surface area (Å²) < 4.78 is 27.9. The Bertz CT molecular complexity index is 1860. The minimum absolute atomic E-state index is 0.00446. The van der Waals surface area contributed by atoms with E-state index in [9.17, 15) is 73.5 Å². The SMILES string of the molecule is CC(=O)NC1C(OC2C(CO)OC(O)C(NC(C)=O)C2OC(C)C(=O)NC(C)C(=O)NC(CCC(=O)NC(CCCC(N)C(N)=O)C(=O)NC(C)C(=O)OC(C)C(=O)O)C(N)=O)OC(CO)C(O)C1O. The van der Waals surface area contributed by atoms with Crippen LogP contribution in [0.2, 0.25) is 0 Å². The topological polar surface area (TPSA) is 488 Å². The third kappa shape index (κ3) is 18.2. The normalized spacial score (nSPS) is 27.3. The number of primary amides is 2. The van der Waals surface area contributed by atoms with E-state index < -0.39 is 189 Å². The summed E-state index contributed by atoms with van der Waals surface area (Å²) >= 11 is 0. The van der Waals surface area contributed by atoms with Gasteiger partial charge < -0.3 is 103 Å². The fraction of sp³-hybridized carbons (Fsp3) is 0.750. The number of ether oxygens (including phenoxy) is 5. The molecule has 17 atom stereocenters. The Labute approximate surface area is 400 Å². The van der Waals surface area contributed by atoms with Crippen LogP contribution in [-0.2, 0) is 71.6 Å². The number of carbonyl (C=O) groups excluding carboxylic acids is 9. The van der Waals surface area contributed by atoms with Crippen molar-refractivity contribution in [3.05, 3.63) is 0 Å². The molecule has 0 bridgehead atoms. The lowest BCUT2D eigenvalue weighted by atomic mass is 9.94. The molecule has 0 saturated carbocycles. The highest BCUT2D eigenvalue weighted by Gasteiger charge is 2.53. The highest BCUT2D eigenvalue weighted by atomic mass is 16.7. The number of nitrogens with one attached hydrogen (secondary N) is 6. The molecule has 2 saturated heterocycles. The van der Waals surface area contributed by atoms with Gasteiger partial charge in [0.15, 0.2) is 18.7 Å². The molecule has 30 nitrogen and oxygen atoms in total. The molecule has 30 heteroatoms. The van der Waals surface area contributed by atoms with E-state index in [0.717, 1.165) is 20.8 Å². The van der Waals surface area contributed by atoms with Crippen LogP contribution in [0.15, 0.2) is 0 Å². The van der Waals surface area contributed by atoms with Crippen molar-refractivity contribution < 1.29 is 102 Å². The van der Waals surface area contributed by atoms with Crippen molar-refractivity contribution in [2.45, 2.75) is 177 Å². The summed E-state index contributed by atoms with van der Waals surface area (Å²) in [5, 5.41) is 75.4. The second kappa shape index (κ2) is 28.2. The Balaban J connectivity index is 2.21. The zero-order valence-electron chi connectivity index (χ0n) is 39.3. The number of carboxylic acid groups (broad SMARTS) is 1. The zero-order chi connectivity index (χ0) is 53.3. The van der Waals surface area contributed by atoms with Crippen molar-refractivity contribution in [2.75, 3.05) is 13.2 Å². The number of aliphatic carboxylic acids is 1. The highest BCUT2D eigenvalue weighted by Crippen LogP contribution is 2.31. The molecule has 2 rings (SSSR count). The highest BCUT2D eigenvalue weighted by molar-refractivity contribution is 5.93. The maximum atomic E-state index is 13.5. The van der Waals surface area contributed by atoms with Crippen molar-refractivity contribution in [3.8, 4) is 0 Å². The second-order valence-electron chi connectivity index (χ2n) is 16.7. The summed E-state index contributed by atoms with van der Waals surface area (Å²) in [6.45, 7) is 5.10. The molecule has 18 N–H and O–H groups in total. The standard InChI is InChI=1S/C40H67N9O21/c1-14(34(59)49-21(33(43)58)10-11-25(54)48-22(9-7-8-20(41)32(42)57)36(61)45-15(2)38(64)67-17(4)37(62)63)44-35(60)16(3)66-31-27(47-19(6)53)39(65)68-24(13-51)30(31)70-40-26(46-18(5)52)29(56)28(55)23(12-50)69-40/h14-17,20-24,26-31,39-40,50-51,55-56,65H,7-13,41H2,1-6H3,(H2,42,57)(H2,43,58)(H,44,60)(H,45,61)(H,46,52)(H,47,53)(H,48,54)(H,49,59)(H,62,63). The molecule has 2 aliphatic rings. The summed E-state index contributed by atoms with van der Waals surface area (Å²) in [7, 11) is 0. The first-order valence-corrected chi connectivity index (χ1v) is 22.0. The lowest BCUT2D eigenvalue weighted by Gasteiger charge is -2.48. The molecule has 0 spiro atoms. The van der Waals surface area contributed by atoms with Crippen molar-refractivity contribution >= 4 is 59.2 Å². The number of aliphatic hydroxyl groups excluding tert-OH is 5. The molecule has 70 heavy (non-hydrogen) atoms. The maximum Gasteiger partial charge on any atom is 0.344 e. The fourth-order valence-electron chi connectivity index (χ4n) is 6.99. The third-order valence-electron chi connectivity index (χ3n) is 10.9. The van der Waals surface area contributed by atoms with Crippen molar-refractivity contribution in [1.82, 2.24) is 31.9 Å². The van der Waals surface area contributed by atoms with Crippen LogP contribution in [0.5, 0.6) is 0 Å². The Kier molecular flexibility index (Phi) is 24.4. The van der Waals surface area contributed by atoms with Gasteiger partial charge in [-0.15, -0.1) is 0 Å². The predicted molar refractivity (Wildman–Crippen MR) is 232 cm³/mol. The number of hydrogen-bond donors (Lipinski definition) is 15. The molecule has 2 aliphatic heterocycles. The zero-order valence-corrected chi connectivity index (χ0v) is 39.3. The van der Waals surface area contributed by atoms with Gasteiger partial charge in [0.2, 0.25) is 47.3 Å². The molecule has 398 valence electrons. The summed E-state index contributed by atoms with van der Waals surface area (Å²) in [6, 6.07) is -9.91. The fourth-order valence-corrected chi connectivity index (χ4v) is 6.99.